The molecular weight excluding hydrogens is 1130 g/mol. The highest BCUT2D eigenvalue weighted by atomic mass is 35.5. The van der Waals surface area contributed by atoms with Crippen LogP contribution in [0.2, 0.25) is 20.1 Å². The van der Waals surface area contributed by atoms with Gasteiger partial charge in [0.2, 0.25) is 18.7 Å². The predicted octanol–water partition coefficient (Wildman–Crippen LogP) is 9.49. The van der Waals surface area contributed by atoms with E-state index in [9.17, 15) is 43.2 Å². The molecule has 1 aliphatic heterocycles. The van der Waals surface area contributed by atoms with E-state index in [4.69, 9.17) is 61.6 Å². The number of carbonyl (C=O) groups excluding carboxylic acids is 9. The van der Waals surface area contributed by atoms with Crippen molar-refractivity contribution >= 4 is 112 Å². The molecule has 21 heteroatoms. The molecule has 4 N–H and O–H groups in total. The molecule has 1 aliphatic rings. The normalized spacial score (nSPS) is 12.5. The van der Waals surface area contributed by atoms with Crippen LogP contribution in [0.1, 0.15) is 103 Å². The minimum atomic E-state index is -1.06. The van der Waals surface area contributed by atoms with Crippen molar-refractivity contribution < 1.29 is 52.6 Å². The lowest BCUT2D eigenvalue weighted by Crippen LogP contribution is -2.44. The second-order valence-corrected chi connectivity index (χ2v) is 21.5. The van der Waals surface area contributed by atoms with Gasteiger partial charge in [0, 0.05) is 63.3 Å². The van der Waals surface area contributed by atoms with Crippen LogP contribution in [-0.4, -0.2) is 102 Å². The molecule has 0 aromatic heterocycles. The first-order valence-corrected chi connectivity index (χ1v) is 27.3. The van der Waals surface area contributed by atoms with Gasteiger partial charge in [-0.1, -0.05) is 113 Å². The van der Waals surface area contributed by atoms with Crippen molar-refractivity contribution in [3.63, 3.8) is 0 Å². The summed E-state index contributed by atoms with van der Waals surface area (Å²) in [6.07, 6.45) is 0.984. The first-order valence-electron chi connectivity index (χ1n) is 25.8. The third-order valence-corrected chi connectivity index (χ3v) is 13.8. The van der Waals surface area contributed by atoms with Crippen LogP contribution in [0.3, 0.4) is 0 Å². The molecule has 0 aliphatic carbocycles. The van der Waals surface area contributed by atoms with Crippen LogP contribution in [0.15, 0.2) is 121 Å². The molecule has 82 heavy (non-hydrogen) atoms. The molecule has 17 nitrogen and oxygen atoms in total. The van der Waals surface area contributed by atoms with E-state index in [1.54, 1.807) is 139 Å². The Hall–Kier alpha value is -8.09. The molecule has 0 unspecified atom stereocenters. The summed E-state index contributed by atoms with van der Waals surface area (Å²) in [7, 11) is 3.28. The van der Waals surface area contributed by atoms with E-state index >= 15 is 0 Å². The van der Waals surface area contributed by atoms with Crippen LogP contribution in [0.4, 0.5) is 11.4 Å². The molecule has 0 saturated carbocycles. The largest absolute Gasteiger partial charge is 0.461 e. The fourth-order valence-corrected chi connectivity index (χ4v) is 9.78. The van der Waals surface area contributed by atoms with Crippen LogP contribution in [-0.2, 0) is 72.2 Å². The molecule has 7 rings (SSSR count). The van der Waals surface area contributed by atoms with Crippen LogP contribution < -0.4 is 21.3 Å². The van der Waals surface area contributed by atoms with E-state index in [0.29, 0.717) is 59.5 Å². The maximum Gasteiger partial charge on any atom is 0.329 e. The lowest BCUT2D eigenvalue weighted by Gasteiger charge is -2.27. The zero-order valence-corrected chi connectivity index (χ0v) is 48.7. The summed E-state index contributed by atoms with van der Waals surface area (Å²) < 4.78 is 10.7. The fraction of sp³-hybridized carbons (Fsp3) is 0.262. The standard InChI is InChI=1S/C31H29Cl2N3O6.C30H31Cl2N3O5/c1-18(2)42-31(41)26(34-29(39)28-24(32)5-4-6-25(28)33)14-19-8-11-22(12-9-19)36-27(38)15-21-10-7-20(16-35(3)17-37)13-23(21)30(36)40;1-18(2)40-30(39)26(34-29(38)28-23(31)5-4-6-24(28)32)14-19-7-9-20(10-8-19)15-27(37)22-13-21(11-12-25(22)33)16-35(3)17-36/h4-13,17-18,26H,14-16H2,1-3H3,(H,34,39);4-13,17-18,26H,14-16,33H2,1-3H3,(H,34,38)/t2*26-/m00/s1. The number of rotatable bonds is 22. The first-order chi connectivity index (χ1) is 39.0. The third-order valence-electron chi connectivity index (χ3n) is 12.6. The molecule has 0 bridgehead atoms. The number of nitrogens with two attached hydrogens (primary N) is 1. The molecule has 428 valence electrons. The number of halogens is 4. The summed E-state index contributed by atoms with van der Waals surface area (Å²) in [6.45, 7) is 7.52. The highest BCUT2D eigenvalue weighted by molar-refractivity contribution is 6.40. The molecule has 0 fully saturated rings. The lowest BCUT2D eigenvalue weighted by atomic mass is 9.95. The number of nitrogens with one attached hydrogen (secondary N) is 2. The van der Waals surface area contributed by atoms with Gasteiger partial charge >= 0.3 is 11.9 Å². The van der Waals surface area contributed by atoms with Gasteiger partial charge in [-0.3, -0.25) is 33.6 Å². The minimum absolute atomic E-state index is 0.0434. The van der Waals surface area contributed by atoms with Gasteiger partial charge in [-0.05, 0) is 116 Å². The van der Waals surface area contributed by atoms with Crippen LogP contribution in [0.25, 0.3) is 0 Å². The van der Waals surface area contributed by atoms with Crippen LogP contribution in [0, 0.1) is 0 Å². The molecule has 6 aromatic carbocycles. The molecule has 2 atom stereocenters. The minimum Gasteiger partial charge on any atom is -0.461 e. The Morgan fingerprint density at radius 3 is 1.46 bits per heavy atom. The smallest absolute Gasteiger partial charge is 0.329 e. The van der Waals surface area contributed by atoms with Crippen LogP contribution in [0.5, 0.6) is 0 Å². The van der Waals surface area contributed by atoms with Gasteiger partial charge in [0.05, 0.1) is 55.5 Å². The second kappa shape index (κ2) is 29.1. The Labute approximate surface area is 494 Å². The van der Waals surface area contributed by atoms with Crippen molar-refractivity contribution in [3.8, 4) is 0 Å². The molecule has 6 aromatic rings. The molecule has 1 heterocycles. The van der Waals surface area contributed by atoms with Gasteiger partial charge in [-0.15, -0.1) is 0 Å². The second-order valence-electron chi connectivity index (χ2n) is 19.9. The fourth-order valence-electron chi connectivity index (χ4n) is 8.64. The zero-order chi connectivity index (χ0) is 59.9. The Bertz CT molecular complexity index is 3330. The highest BCUT2D eigenvalue weighted by Gasteiger charge is 2.33. The maximum absolute atomic E-state index is 13.4. The monoisotopic (exact) mass is 1190 g/mol. The highest BCUT2D eigenvalue weighted by Crippen LogP contribution is 2.29. The quantitative estimate of drug-likeness (QED) is 0.0190. The number of esters is 2. The van der Waals surface area contributed by atoms with E-state index in [0.717, 1.165) is 27.2 Å². The zero-order valence-electron chi connectivity index (χ0n) is 45.7. The van der Waals surface area contributed by atoms with Crippen molar-refractivity contribution in [3.05, 3.63) is 197 Å². The van der Waals surface area contributed by atoms with Gasteiger partial charge in [-0.25, -0.2) is 14.5 Å². The number of hydrogen-bond acceptors (Lipinski definition) is 12. The number of imide groups is 1. The van der Waals surface area contributed by atoms with Crippen molar-refractivity contribution in [1.82, 2.24) is 20.4 Å². The number of Topliss-reactive ketones (excluding diaryl/α,β-unsaturated/α-hetero) is 1. The molecule has 0 saturated heterocycles. The number of carbonyl (C=O) groups is 9. The number of benzene rings is 6. The molecule has 0 spiro atoms. The average molecular weight is 1190 g/mol. The average Bonchev–Trinajstić information content (AvgIpc) is 3.58. The summed E-state index contributed by atoms with van der Waals surface area (Å²) >= 11 is 24.7. The summed E-state index contributed by atoms with van der Waals surface area (Å²) in [5.74, 6) is -3.46. The Morgan fingerprint density at radius 1 is 0.598 bits per heavy atom. The number of ether oxygens (including phenoxy) is 2. The summed E-state index contributed by atoms with van der Waals surface area (Å²) in [4.78, 5) is 117. The lowest BCUT2D eigenvalue weighted by molar-refractivity contribution is -0.150. The summed E-state index contributed by atoms with van der Waals surface area (Å²) in [6, 6.07) is 31.3. The molecular formula is C61H60Cl4N6O11. The van der Waals surface area contributed by atoms with Crippen molar-refractivity contribution in [2.75, 3.05) is 24.7 Å². The summed E-state index contributed by atoms with van der Waals surface area (Å²) in [5, 5.41) is 5.97. The summed E-state index contributed by atoms with van der Waals surface area (Å²) in [5.41, 5.74) is 12.0. The van der Waals surface area contributed by atoms with E-state index in [2.05, 4.69) is 10.6 Å². The van der Waals surface area contributed by atoms with Crippen LogP contribution >= 0.6 is 46.4 Å². The third kappa shape index (κ3) is 17.0. The van der Waals surface area contributed by atoms with Crippen molar-refractivity contribution in [1.29, 1.82) is 0 Å². The van der Waals surface area contributed by atoms with E-state index in [-0.39, 0.29) is 74.7 Å². The van der Waals surface area contributed by atoms with Gasteiger partial charge in [0.15, 0.2) is 5.78 Å². The maximum atomic E-state index is 13.4. The number of amides is 6. The SMILES string of the molecule is CC(C)OC(=O)[C@H](Cc1ccc(CC(=O)c2cc(CN(C)C=O)ccc2N)cc1)NC(=O)c1c(Cl)cccc1Cl.CC(C)OC(=O)[C@H](Cc1ccc(N2C(=O)Cc3ccc(CN(C)C=O)cc3C2=O)cc1)NC(=O)c1c(Cl)cccc1Cl. The van der Waals surface area contributed by atoms with Crippen molar-refractivity contribution in [2.24, 2.45) is 0 Å². The van der Waals surface area contributed by atoms with Crippen molar-refractivity contribution in [2.45, 2.75) is 90.8 Å². The first kappa shape index (κ1) is 63.1. The number of nitrogen functional groups attached to an aromatic ring is 1. The van der Waals surface area contributed by atoms with Gasteiger partial charge in [0.1, 0.15) is 12.1 Å². The van der Waals surface area contributed by atoms with Gasteiger partial charge < -0.3 is 35.6 Å². The Morgan fingerprint density at radius 2 is 1.01 bits per heavy atom. The number of anilines is 2. The number of nitrogens with zero attached hydrogens (tertiary/aromatic N) is 3. The predicted molar refractivity (Wildman–Crippen MR) is 314 cm³/mol. The Kier molecular flexibility index (Phi) is 22.4. The van der Waals surface area contributed by atoms with E-state index in [1.807, 2.05) is 0 Å². The van der Waals surface area contributed by atoms with Gasteiger partial charge in [0.25, 0.3) is 17.7 Å². The molecule has 0 radical (unpaired) electrons. The number of ketones is 1. The van der Waals surface area contributed by atoms with E-state index < -0.39 is 47.8 Å². The number of hydrogen-bond donors (Lipinski definition) is 3. The molecule has 6 amide bonds. The topological polar surface area (TPSA) is 232 Å². The Balaban J connectivity index is 0.000000264. The van der Waals surface area contributed by atoms with E-state index in [1.165, 1.54) is 34.1 Å². The van der Waals surface area contributed by atoms with Gasteiger partial charge in [-0.2, -0.15) is 0 Å². The number of fused-ring (bicyclic) bond motifs is 1.